The molecule has 0 radical (unpaired) electrons. The minimum absolute atomic E-state index is 0.120. The molecule has 0 aliphatic rings. The molecular formula is C19H22FN3O2. The first kappa shape index (κ1) is 18.6. The summed E-state index contributed by atoms with van der Waals surface area (Å²) in [5.74, 6) is -0.733. The fourth-order valence-corrected chi connectivity index (χ4v) is 2.33. The van der Waals surface area contributed by atoms with Gasteiger partial charge in [0, 0.05) is 6.42 Å². The predicted molar refractivity (Wildman–Crippen MR) is 96.8 cm³/mol. The van der Waals surface area contributed by atoms with Crippen molar-refractivity contribution in [3.05, 3.63) is 59.4 Å². The highest BCUT2D eigenvalue weighted by atomic mass is 19.1. The van der Waals surface area contributed by atoms with Crippen molar-refractivity contribution < 1.29 is 14.0 Å². The smallest absolute Gasteiger partial charge is 0.228 e. The van der Waals surface area contributed by atoms with E-state index in [1.807, 2.05) is 13.0 Å². The molecule has 0 spiro atoms. The second-order valence-electron chi connectivity index (χ2n) is 5.84. The van der Waals surface area contributed by atoms with Gasteiger partial charge >= 0.3 is 0 Å². The summed E-state index contributed by atoms with van der Waals surface area (Å²) in [5, 5.41) is 5.59. The fraction of sp³-hybridized carbons (Fsp3) is 0.263. The van der Waals surface area contributed by atoms with Gasteiger partial charge in [0.15, 0.2) is 0 Å². The number of aryl methyl sites for hydroxylation is 1. The number of amides is 2. The highest BCUT2D eigenvalue weighted by molar-refractivity contribution is 6.00. The summed E-state index contributed by atoms with van der Waals surface area (Å²) in [6.45, 7) is 2.35. The van der Waals surface area contributed by atoms with Gasteiger partial charge in [0.25, 0.3) is 0 Å². The van der Waals surface area contributed by atoms with Gasteiger partial charge in [-0.2, -0.15) is 0 Å². The molecule has 0 fully saturated rings. The topological polar surface area (TPSA) is 84.2 Å². The zero-order valence-corrected chi connectivity index (χ0v) is 14.1. The van der Waals surface area contributed by atoms with Gasteiger partial charge in [-0.25, -0.2) is 4.39 Å². The largest absolute Gasteiger partial charge is 0.330 e. The molecule has 2 amide bonds. The highest BCUT2D eigenvalue weighted by Gasteiger charge is 2.11. The van der Waals surface area contributed by atoms with Crippen LogP contribution < -0.4 is 16.4 Å². The summed E-state index contributed by atoms with van der Waals surface area (Å²) in [7, 11) is 0. The van der Waals surface area contributed by atoms with Gasteiger partial charge < -0.3 is 16.4 Å². The Morgan fingerprint density at radius 1 is 1.00 bits per heavy atom. The molecule has 0 aromatic heterocycles. The van der Waals surface area contributed by atoms with Crippen molar-refractivity contribution in [1.29, 1.82) is 0 Å². The number of hydrogen-bond donors (Lipinski definition) is 3. The van der Waals surface area contributed by atoms with Crippen molar-refractivity contribution in [2.75, 3.05) is 17.2 Å². The number of nitrogens with one attached hydrogen (secondary N) is 2. The Bertz CT molecular complexity index is 745. The Morgan fingerprint density at radius 3 is 2.36 bits per heavy atom. The Hall–Kier alpha value is -2.73. The Kier molecular flexibility index (Phi) is 6.65. The lowest BCUT2D eigenvalue weighted by Gasteiger charge is -2.13. The lowest BCUT2D eigenvalue weighted by atomic mass is 10.1. The van der Waals surface area contributed by atoms with Crippen molar-refractivity contribution in [2.24, 2.45) is 5.73 Å². The minimum Gasteiger partial charge on any atom is -0.330 e. The normalized spacial score (nSPS) is 10.4. The maximum absolute atomic E-state index is 12.9. The number of benzene rings is 2. The van der Waals surface area contributed by atoms with E-state index in [0.29, 0.717) is 36.3 Å². The summed E-state index contributed by atoms with van der Waals surface area (Å²) < 4.78 is 12.9. The maximum Gasteiger partial charge on any atom is 0.228 e. The first-order valence-electron chi connectivity index (χ1n) is 8.13. The molecule has 25 heavy (non-hydrogen) atoms. The highest BCUT2D eigenvalue weighted by Crippen LogP contribution is 2.23. The van der Waals surface area contributed by atoms with Crippen LogP contribution in [0, 0.1) is 12.7 Å². The van der Waals surface area contributed by atoms with Crippen LogP contribution in [0.2, 0.25) is 0 Å². The number of carbonyl (C=O) groups excluding carboxylic acids is 2. The van der Waals surface area contributed by atoms with Gasteiger partial charge in [0.2, 0.25) is 11.8 Å². The second-order valence-corrected chi connectivity index (χ2v) is 5.84. The van der Waals surface area contributed by atoms with Gasteiger partial charge in [-0.3, -0.25) is 9.59 Å². The SMILES string of the molecule is Cc1ccc(NC(=O)Cc2ccc(F)cc2)c(NC(=O)CCCN)c1. The van der Waals surface area contributed by atoms with Crippen molar-refractivity contribution in [3.8, 4) is 0 Å². The van der Waals surface area contributed by atoms with Crippen LogP contribution in [0.5, 0.6) is 0 Å². The maximum atomic E-state index is 12.9. The summed E-state index contributed by atoms with van der Waals surface area (Å²) in [6, 6.07) is 11.2. The van der Waals surface area contributed by atoms with E-state index >= 15 is 0 Å². The Labute approximate surface area is 146 Å². The number of rotatable bonds is 7. The molecule has 5 nitrogen and oxygen atoms in total. The quantitative estimate of drug-likeness (QED) is 0.722. The lowest BCUT2D eigenvalue weighted by Crippen LogP contribution is -2.18. The number of hydrogen-bond acceptors (Lipinski definition) is 3. The van der Waals surface area contributed by atoms with E-state index in [1.54, 1.807) is 24.3 Å². The molecule has 6 heteroatoms. The average molecular weight is 343 g/mol. The molecule has 0 saturated heterocycles. The van der Waals surface area contributed by atoms with Crippen LogP contribution in [0.3, 0.4) is 0 Å². The van der Waals surface area contributed by atoms with Crippen LogP contribution in [0.4, 0.5) is 15.8 Å². The molecule has 0 atom stereocenters. The molecule has 2 aromatic carbocycles. The van der Waals surface area contributed by atoms with Crippen LogP contribution >= 0.6 is 0 Å². The van der Waals surface area contributed by atoms with E-state index in [4.69, 9.17) is 5.73 Å². The van der Waals surface area contributed by atoms with Gasteiger partial charge in [0.05, 0.1) is 17.8 Å². The number of nitrogens with two attached hydrogens (primary N) is 1. The summed E-state index contributed by atoms with van der Waals surface area (Å²) in [5.41, 5.74) is 8.16. The molecule has 2 aromatic rings. The van der Waals surface area contributed by atoms with Gasteiger partial charge in [-0.05, 0) is 55.3 Å². The molecule has 0 aliphatic heterocycles. The second kappa shape index (κ2) is 8.94. The molecule has 0 heterocycles. The molecule has 2 rings (SSSR count). The van der Waals surface area contributed by atoms with E-state index in [-0.39, 0.29) is 24.1 Å². The van der Waals surface area contributed by atoms with Gasteiger partial charge in [-0.15, -0.1) is 0 Å². The summed E-state index contributed by atoms with van der Waals surface area (Å²) >= 11 is 0. The number of anilines is 2. The van der Waals surface area contributed by atoms with Crippen LogP contribution in [-0.4, -0.2) is 18.4 Å². The third-order valence-corrected chi connectivity index (χ3v) is 3.61. The van der Waals surface area contributed by atoms with Crippen LogP contribution in [0.25, 0.3) is 0 Å². The average Bonchev–Trinajstić information content (AvgIpc) is 2.57. The van der Waals surface area contributed by atoms with E-state index < -0.39 is 0 Å². The zero-order valence-electron chi connectivity index (χ0n) is 14.1. The van der Waals surface area contributed by atoms with Crippen LogP contribution in [0.15, 0.2) is 42.5 Å². The molecule has 0 saturated carbocycles. The molecular weight excluding hydrogens is 321 g/mol. The third-order valence-electron chi connectivity index (χ3n) is 3.61. The predicted octanol–water partition coefficient (Wildman–Crippen LogP) is 2.99. The standard InChI is InChI=1S/C19H22FN3O2/c1-13-4-9-16(17(11-13)23-18(24)3-2-10-21)22-19(25)12-14-5-7-15(20)8-6-14/h4-9,11H,2-3,10,12,21H2,1H3,(H,22,25)(H,23,24). The first-order valence-corrected chi connectivity index (χ1v) is 8.13. The van der Waals surface area contributed by atoms with Crippen molar-refractivity contribution in [3.63, 3.8) is 0 Å². The molecule has 132 valence electrons. The summed E-state index contributed by atoms with van der Waals surface area (Å²) in [4.78, 5) is 24.2. The fourth-order valence-electron chi connectivity index (χ4n) is 2.33. The van der Waals surface area contributed by atoms with Gasteiger partial charge in [-0.1, -0.05) is 18.2 Å². The lowest BCUT2D eigenvalue weighted by molar-refractivity contribution is -0.117. The first-order chi connectivity index (χ1) is 12.0. The van der Waals surface area contributed by atoms with E-state index in [0.717, 1.165) is 5.56 Å². The molecule has 4 N–H and O–H groups in total. The minimum atomic E-state index is -0.342. The molecule has 0 aliphatic carbocycles. The van der Waals surface area contributed by atoms with E-state index in [9.17, 15) is 14.0 Å². The van der Waals surface area contributed by atoms with Crippen molar-refractivity contribution in [1.82, 2.24) is 0 Å². The van der Waals surface area contributed by atoms with E-state index in [1.165, 1.54) is 12.1 Å². The van der Waals surface area contributed by atoms with Crippen molar-refractivity contribution in [2.45, 2.75) is 26.2 Å². The summed E-state index contributed by atoms with van der Waals surface area (Å²) in [6.07, 6.45) is 1.05. The van der Waals surface area contributed by atoms with Crippen LogP contribution in [-0.2, 0) is 16.0 Å². The number of carbonyl (C=O) groups is 2. The van der Waals surface area contributed by atoms with E-state index in [2.05, 4.69) is 10.6 Å². The Balaban J connectivity index is 2.06. The Morgan fingerprint density at radius 2 is 1.68 bits per heavy atom. The zero-order chi connectivity index (χ0) is 18.2. The van der Waals surface area contributed by atoms with Crippen molar-refractivity contribution >= 4 is 23.2 Å². The molecule has 0 bridgehead atoms. The molecule has 0 unspecified atom stereocenters. The number of halogens is 1. The monoisotopic (exact) mass is 343 g/mol. The van der Waals surface area contributed by atoms with Crippen LogP contribution in [0.1, 0.15) is 24.0 Å². The third kappa shape index (κ3) is 6.00. The van der Waals surface area contributed by atoms with Gasteiger partial charge in [0.1, 0.15) is 5.82 Å².